The van der Waals surface area contributed by atoms with Gasteiger partial charge in [-0.15, -0.1) is 0 Å². The summed E-state index contributed by atoms with van der Waals surface area (Å²) in [4.78, 5) is 23.7. The first-order valence-electron chi connectivity index (χ1n) is 7.97. The fourth-order valence-electron chi connectivity index (χ4n) is 2.63. The molecular weight excluding hydrogens is 316 g/mol. The van der Waals surface area contributed by atoms with E-state index in [1.165, 1.54) is 0 Å². The fourth-order valence-corrected chi connectivity index (χ4v) is 2.63. The first kappa shape index (κ1) is 16.6. The molecule has 5 nitrogen and oxygen atoms in total. The van der Waals surface area contributed by atoms with Crippen LogP contribution >= 0.6 is 0 Å². The van der Waals surface area contributed by atoms with Crippen molar-refractivity contribution >= 4 is 5.97 Å². The third kappa shape index (κ3) is 4.01. The minimum atomic E-state index is -1.10. The van der Waals surface area contributed by atoms with E-state index >= 15 is 0 Å². The highest BCUT2D eigenvalue weighted by molar-refractivity contribution is 5.66. The van der Waals surface area contributed by atoms with Gasteiger partial charge in [0.1, 0.15) is 6.54 Å². The molecule has 0 amide bonds. The van der Waals surface area contributed by atoms with Gasteiger partial charge in [-0.2, -0.15) is 5.10 Å². The van der Waals surface area contributed by atoms with E-state index in [9.17, 15) is 9.59 Å². The van der Waals surface area contributed by atoms with Gasteiger partial charge in [-0.3, -0.25) is 9.59 Å². The molecule has 0 bridgehead atoms. The maximum Gasteiger partial charge on any atom is 0.325 e. The van der Waals surface area contributed by atoms with E-state index in [1.54, 1.807) is 6.07 Å². The van der Waals surface area contributed by atoms with Crippen LogP contribution in [0.5, 0.6) is 0 Å². The third-order valence-corrected chi connectivity index (χ3v) is 3.92. The zero-order chi connectivity index (χ0) is 17.8. The SMILES string of the molecule is Cc1ccc(Cc2cc(-c3ccccc3)nn(CC(=O)O)c2=O)cc1. The first-order valence-corrected chi connectivity index (χ1v) is 7.97. The third-order valence-electron chi connectivity index (χ3n) is 3.92. The number of aromatic nitrogens is 2. The van der Waals surface area contributed by atoms with Gasteiger partial charge in [0.15, 0.2) is 0 Å². The summed E-state index contributed by atoms with van der Waals surface area (Å²) in [5.41, 5.74) is 3.72. The molecule has 0 unspecified atom stereocenters. The molecule has 0 atom stereocenters. The fraction of sp³-hybridized carbons (Fsp3) is 0.150. The molecule has 0 saturated carbocycles. The van der Waals surface area contributed by atoms with Crippen LogP contribution in [0.15, 0.2) is 65.5 Å². The lowest BCUT2D eigenvalue weighted by molar-refractivity contribution is -0.138. The van der Waals surface area contributed by atoms with Crippen molar-refractivity contribution in [2.24, 2.45) is 0 Å². The zero-order valence-electron chi connectivity index (χ0n) is 13.8. The number of carbonyl (C=O) groups is 1. The van der Waals surface area contributed by atoms with E-state index in [2.05, 4.69) is 5.10 Å². The Morgan fingerprint density at radius 3 is 2.40 bits per heavy atom. The minimum absolute atomic E-state index is 0.373. The average molecular weight is 334 g/mol. The Morgan fingerprint density at radius 1 is 1.08 bits per heavy atom. The van der Waals surface area contributed by atoms with Crippen LogP contribution in [-0.4, -0.2) is 20.9 Å². The van der Waals surface area contributed by atoms with Gasteiger partial charge >= 0.3 is 5.97 Å². The molecule has 0 aliphatic rings. The van der Waals surface area contributed by atoms with E-state index in [4.69, 9.17) is 5.11 Å². The number of rotatable bonds is 5. The first-order chi connectivity index (χ1) is 12.0. The summed E-state index contributed by atoms with van der Waals surface area (Å²) in [6.07, 6.45) is 0.432. The van der Waals surface area contributed by atoms with Gasteiger partial charge in [0, 0.05) is 17.5 Å². The molecular formula is C20H18N2O3. The summed E-state index contributed by atoms with van der Waals surface area (Å²) >= 11 is 0. The predicted octanol–water partition coefficient (Wildman–Crippen LogP) is 2.89. The summed E-state index contributed by atoms with van der Waals surface area (Å²) in [5.74, 6) is -1.10. The monoisotopic (exact) mass is 334 g/mol. The van der Waals surface area contributed by atoms with Crippen LogP contribution < -0.4 is 5.56 Å². The molecule has 126 valence electrons. The van der Waals surface area contributed by atoms with Gasteiger partial charge in [-0.05, 0) is 18.6 Å². The van der Waals surface area contributed by atoms with Gasteiger partial charge in [-0.1, -0.05) is 60.2 Å². The second-order valence-corrected chi connectivity index (χ2v) is 5.94. The standard InChI is InChI=1S/C20H18N2O3/c1-14-7-9-15(10-8-14)11-17-12-18(16-5-3-2-4-6-16)21-22(20(17)25)13-19(23)24/h2-10,12H,11,13H2,1H3,(H,23,24). The highest BCUT2D eigenvalue weighted by Crippen LogP contribution is 2.17. The number of nitrogens with zero attached hydrogens (tertiary/aromatic N) is 2. The molecule has 5 heteroatoms. The molecule has 25 heavy (non-hydrogen) atoms. The molecule has 0 fully saturated rings. The van der Waals surface area contributed by atoms with Gasteiger partial charge < -0.3 is 5.11 Å². The summed E-state index contributed by atoms with van der Waals surface area (Å²) in [6, 6.07) is 19.1. The Morgan fingerprint density at radius 2 is 1.76 bits per heavy atom. The van der Waals surface area contributed by atoms with Crippen molar-refractivity contribution in [3.05, 3.63) is 87.7 Å². The Kier molecular flexibility index (Phi) is 4.75. The number of hydrogen-bond donors (Lipinski definition) is 1. The number of benzene rings is 2. The molecule has 0 aliphatic carbocycles. The van der Waals surface area contributed by atoms with E-state index < -0.39 is 12.5 Å². The summed E-state index contributed by atoms with van der Waals surface area (Å²) in [6.45, 7) is 1.55. The predicted molar refractivity (Wildman–Crippen MR) is 95.6 cm³/mol. The molecule has 0 radical (unpaired) electrons. The van der Waals surface area contributed by atoms with Crippen molar-refractivity contribution in [1.29, 1.82) is 0 Å². The molecule has 2 aromatic carbocycles. The van der Waals surface area contributed by atoms with Crippen molar-refractivity contribution < 1.29 is 9.90 Å². The highest BCUT2D eigenvalue weighted by Gasteiger charge is 2.12. The zero-order valence-corrected chi connectivity index (χ0v) is 13.8. The second-order valence-electron chi connectivity index (χ2n) is 5.94. The van der Waals surface area contributed by atoms with E-state index in [0.29, 0.717) is 17.7 Å². The normalized spacial score (nSPS) is 10.6. The summed E-state index contributed by atoms with van der Waals surface area (Å²) in [5, 5.41) is 13.3. The number of carboxylic acids is 1. The molecule has 3 rings (SSSR count). The smallest absolute Gasteiger partial charge is 0.325 e. The molecule has 1 heterocycles. The topological polar surface area (TPSA) is 72.2 Å². The molecule has 0 aliphatic heterocycles. The maximum absolute atomic E-state index is 12.6. The molecule has 0 spiro atoms. The lowest BCUT2D eigenvalue weighted by Gasteiger charge is -2.10. The van der Waals surface area contributed by atoms with E-state index in [-0.39, 0.29) is 5.56 Å². The molecule has 1 aromatic heterocycles. The molecule has 0 saturated heterocycles. The van der Waals surface area contributed by atoms with Crippen LogP contribution in [0.25, 0.3) is 11.3 Å². The second kappa shape index (κ2) is 7.13. The van der Waals surface area contributed by atoms with Crippen molar-refractivity contribution in [2.75, 3.05) is 0 Å². The van der Waals surface area contributed by atoms with Crippen molar-refractivity contribution in [1.82, 2.24) is 9.78 Å². The van der Waals surface area contributed by atoms with Crippen LogP contribution in [0.3, 0.4) is 0 Å². The Labute approximate surface area is 145 Å². The van der Waals surface area contributed by atoms with Crippen molar-refractivity contribution in [2.45, 2.75) is 19.9 Å². The largest absolute Gasteiger partial charge is 0.480 e. The Bertz CT molecular complexity index is 945. The highest BCUT2D eigenvalue weighted by atomic mass is 16.4. The van der Waals surface area contributed by atoms with Gasteiger partial charge in [0.05, 0.1) is 5.69 Å². The number of hydrogen-bond acceptors (Lipinski definition) is 3. The van der Waals surface area contributed by atoms with E-state index in [0.717, 1.165) is 21.4 Å². The molecule has 1 N–H and O–H groups in total. The summed E-state index contributed by atoms with van der Waals surface area (Å²) < 4.78 is 1.02. The maximum atomic E-state index is 12.6. The Hall–Kier alpha value is -3.21. The number of aliphatic carboxylic acids is 1. The molecule has 3 aromatic rings. The van der Waals surface area contributed by atoms with Crippen LogP contribution in [0.2, 0.25) is 0 Å². The number of aryl methyl sites for hydroxylation is 1. The number of carboxylic acid groups (broad SMARTS) is 1. The van der Waals surface area contributed by atoms with Crippen LogP contribution in [0.1, 0.15) is 16.7 Å². The van der Waals surface area contributed by atoms with Gasteiger partial charge in [0.2, 0.25) is 0 Å². The van der Waals surface area contributed by atoms with Gasteiger partial charge in [-0.25, -0.2) is 4.68 Å². The van der Waals surface area contributed by atoms with Crippen LogP contribution in [-0.2, 0) is 17.8 Å². The van der Waals surface area contributed by atoms with Crippen LogP contribution in [0, 0.1) is 6.92 Å². The van der Waals surface area contributed by atoms with Crippen molar-refractivity contribution in [3.8, 4) is 11.3 Å². The van der Waals surface area contributed by atoms with E-state index in [1.807, 2.05) is 61.5 Å². The summed E-state index contributed by atoms with van der Waals surface area (Å²) in [7, 11) is 0. The van der Waals surface area contributed by atoms with Crippen molar-refractivity contribution in [3.63, 3.8) is 0 Å². The lowest BCUT2D eigenvalue weighted by Crippen LogP contribution is -2.29. The van der Waals surface area contributed by atoms with Crippen LogP contribution in [0.4, 0.5) is 0 Å². The quantitative estimate of drug-likeness (QED) is 0.779. The Balaban J connectivity index is 2.07. The van der Waals surface area contributed by atoms with Gasteiger partial charge in [0.25, 0.3) is 5.56 Å². The lowest BCUT2D eigenvalue weighted by atomic mass is 10.0. The average Bonchev–Trinajstić information content (AvgIpc) is 2.60. The minimum Gasteiger partial charge on any atom is -0.480 e.